The van der Waals surface area contributed by atoms with Crippen molar-refractivity contribution in [2.45, 2.75) is 45.7 Å². The average Bonchev–Trinajstić information content (AvgIpc) is 3.42. The van der Waals surface area contributed by atoms with Crippen molar-refractivity contribution in [3.63, 3.8) is 0 Å². The molecule has 2 fully saturated rings. The van der Waals surface area contributed by atoms with Crippen molar-refractivity contribution in [3.8, 4) is 0 Å². The first kappa shape index (κ1) is 23.1. The Morgan fingerprint density at radius 3 is 2.74 bits per heavy atom. The van der Waals surface area contributed by atoms with Crippen molar-refractivity contribution < 1.29 is 8.78 Å². The van der Waals surface area contributed by atoms with Gasteiger partial charge >= 0.3 is 0 Å². The smallest absolute Gasteiger partial charge is 0.242 e. The lowest BCUT2D eigenvalue weighted by Gasteiger charge is -2.33. The van der Waals surface area contributed by atoms with Gasteiger partial charge in [0.1, 0.15) is 17.3 Å². The fraction of sp³-hybridized carbons (Fsp3) is 0.478. The predicted molar refractivity (Wildman–Crippen MR) is 123 cm³/mol. The van der Waals surface area contributed by atoms with Crippen LogP contribution < -0.4 is 16.1 Å². The second kappa shape index (κ2) is 9.28. The standard InChI is InChI=1S/C23H32F2N6/c1-6-7-18(22(26)27-5)16(4)21-17(12-19(24)25)8-9-20(28-21)30-10-11-31-23(14-30,29-31)13-15(2)3/h6-9,15,19,29H,4-5,10-14,26H2,1-3H3/b7-6-,22-18+/t23-,31?/m0/s1. The zero-order valence-corrected chi connectivity index (χ0v) is 18.5. The van der Waals surface area contributed by atoms with E-state index in [1.165, 1.54) is 0 Å². The zero-order chi connectivity index (χ0) is 22.8. The van der Waals surface area contributed by atoms with E-state index < -0.39 is 12.8 Å². The fourth-order valence-electron chi connectivity index (χ4n) is 4.29. The van der Waals surface area contributed by atoms with E-state index in [9.17, 15) is 8.78 Å². The lowest BCUT2D eigenvalue weighted by Crippen LogP contribution is -2.46. The molecule has 168 valence electrons. The van der Waals surface area contributed by atoms with Crippen LogP contribution in [0.3, 0.4) is 0 Å². The molecule has 0 bridgehead atoms. The maximum absolute atomic E-state index is 13.3. The van der Waals surface area contributed by atoms with E-state index >= 15 is 0 Å². The molecule has 0 saturated carbocycles. The summed E-state index contributed by atoms with van der Waals surface area (Å²) in [6.45, 7) is 16.3. The number of halogens is 2. The first-order valence-electron chi connectivity index (χ1n) is 10.6. The van der Waals surface area contributed by atoms with Crippen molar-refractivity contribution in [3.05, 3.63) is 53.5 Å². The number of nitrogens with two attached hydrogens (primary N) is 1. The second-order valence-corrected chi connectivity index (χ2v) is 8.52. The largest absolute Gasteiger partial charge is 0.383 e. The monoisotopic (exact) mass is 430 g/mol. The summed E-state index contributed by atoms with van der Waals surface area (Å²) in [6, 6.07) is 3.55. The highest BCUT2D eigenvalue weighted by molar-refractivity contribution is 5.81. The Morgan fingerprint density at radius 1 is 1.39 bits per heavy atom. The molecule has 31 heavy (non-hydrogen) atoms. The molecule has 3 N–H and O–H groups in total. The van der Waals surface area contributed by atoms with Gasteiger partial charge in [0.2, 0.25) is 6.43 Å². The normalized spacial score (nSPS) is 23.8. The molecule has 8 heteroatoms. The molecule has 2 aliphatic rings. The van der Waals surface area contributed by atoms with Gasteiger partial charge in [0.05, 0.1) is 12.2 Å². The summed E-state index contributed by atoms with van der Waals surface area (Å²) in [7, 11) is 0. The van der Waals surface area contributed by atoms with Crippen LogP contribution in [0.15, 0.2) is 47.3 Å². The third-order valence-corrected chi connectivity index (χ3v) is 5.65. The van der Waals surface area contributed by atoms with Gasteiger partial charge in [-0.05, 0) is 37.6 Å². The minimum absolute atomic E-state index is 0.0416. The summed E-state index contributed by atoms with van der Waals surface area (Å²) in [6.07, 6.45) is 1.68. The Kier molecular flexibility index (Phi) is 6.91. The Morgan fingerprint density at radius 2 is 2.13 bits per heavy atom. The summed E-state index contributed by atoms with van der Waals surface area (Å²) in [5.41, 5.74) is 11.3. The van der Waals surface area contributed by atoms with E-state index in [1.807, 2.05) is 13.0 Å². The molecule has 0 amide bonds. The van der Waals surface area contributed by atoms with Gasteiger partial charge in [-0.25, -0.2) is 29.2 Å². The molecule has 2 saturated heterocycles. The first-order chi connectivity index (χ1) is 14.7. The van der Waals surface area contributed by atoms with Crippen LogP contribution >= 0.6 is 0 Å². The maximum Gasteiger partial charge on any atom is 0.242 e. The predicted octanol–water partition coefficient (Wildman–Crippen LogP) is 3.73. The van der Waals surface area contributed by atoms with Gasteiger partial charge in [0.25, 0.3) is 0 Å². The van der Waals surface area contributed by atoms with Gasteiger partial charge in [0.15, 0.2) is 0 Å². The number of hydrazine groups is 1. The zero-order valence-electron chi connectivity index (χ0n) is 18.5. The number of pyridine rings is 1. The summed E-state index contributed by atoms with van der Waals surface area (Å²) in [5, 5.41) is 2.28. The first-order valence-corrected chi connectivity index (χ1v) is 10.6. The third-order valence-electron chi connectivity index (χ3n) is 5.65. The highest BCUT2D eigenvalue weighted by atomic mass is 19.3. The van der Waals surface area contributed by atoms with Crippen LogP contribution in [-0.2, 0) is 6.42 Å². The molecular formula is C23H32F2N6. The number of aromatic nitrogens is 1. The van der Waals surface area contributed by atoms with E-state index in [0.717, 1.165) is 31.9 Å². The Labute approximate surface area is 183 Å². The number of nitrogens with one attached hydrogen (secondary N) is 1. The van der Waals surface area contributed by atoms with E-state index in [2.05, 4.69) is 47.5 Å². The average molecular weight is 431 g/mol. The van der Waals surface area contributed by atoms with Crippen molar-refractivity contribution in [1.82, 2.24) is 15.4 Å². The molecule has 0 aromatic carbocycles. The molecule has 2 atom stereocenters. The van der Waals surface area contributed by atoms with Crippen LogP contribution in [0.1, 0.15) is 38.4 Å². The van der Waals surface area contributed by atoms with E-state index in [1.54, 1.807) is 18.2 Å². The summed E-state index contributed by atoms with van der Waals surface area (Å²) in [5.74, 6) is 1.48. The molecule has 6 nitrogen and oxygen atoms in total. The van der Waals surface area contributed by atoms with Gasteiger partial charge < -0.3 is 10.6 Å². The van der Waals surface area contributed by atoms with Gasteiger partial charge in [-0.15, -0.1) is 0 Å². The number of nitrogens with zero attached hydrogens (tertiary/aromatic N) is 4. The van der Waals surface area contributed by atoms with Crippen LogP contribution in [-0.4, -0.2) is 48.4 Å². The minimum atomic E-state index is -2.49. The summed E-state index contributed by atoms with van der Waals surface area (Å²) in [4.78, 5) is 10.8. The molecule has 0 radical (unpaired) electrons. The van der Waals surface area contributed by atoms with E-state index in [-0.39, 0.29) is 11.5 Å². The molecule has 1 aromatic heterocycles. The number of piperazine rings is 1. The lowest BCUT2D eigenvalue weighted by atomic mass is 9.97. The van der Waals surface area contributed by atoms with Crippen molar-refractivity contribution in [2.24, 2.45) is 16.6 Å². The topological polar surface area (TPSA) is 79.5 Å². The number of rotatable bonds is 9. The SMILES string of the molecule is C=N/C(N)=C(\C=C/C)C(=C)c1nc(N2CCN3N[C@]3(CC(C)C)C2)ccc1CC(F)F. The molecule has 2 aliphatic heterocycles. The quantitative estimate of drug-likeness (QED) is 0.355. The number of fused-ring (bicyclic) bond motifs is 1. The Bertz CT molecular complexity index is 907. The van der Waals surface area contributed by atoms with Crippen molar-refractivity contribution >= 4 is 18.1 Å². The van der Waals surface area contributed by atoms with Gasteiger partial charge in [-0.2, -0.15) is 0 Å². The number of anilines is 1. The van der Waals surface area contributed by atoms with Gasteiger partial charge in [-0.1, -0.05) is 38.6 Å². The van der Waals surface area contributed by atoms with Crippen LogP contribution in [0.2, 0.25) is 0 Å². The minimum Gasteiger partial charge on any atom is -0.383 e. The Hall–Kier alpha value is -2.58. The molecule has 3 rings (SSSR count). The number of hydrogen-bond donors (Lipinski definition) is 2. The molecule has 3 heterocycles. The van der Waals surface area contributed by atoms with Crippen LogP contribution in [0.5, 0.6) is 0 Å². The fourth-order valence-corrected chi connectivity index (χ4v) is 4.29. The van der Waals surface area contributed by atoms with Crippen LogP contribution in [0.25, 0.3) is 5.57 Å². The Balaban J connectivity index is 1.97. The van der Waals surface area contributed by atoms with Gasteiger partial charge in [-0.3, -0.25) is 0 Å². The number of allylic oxidation sites excluding steroid dienone is 4. The lowest BCUT2D eigenvalue weighted by molar-refractivity contribution is 0.149. The van der Waals surface area contributed by atoms with E-state index in [0.29, 0.717) is 28.3 Å². The third kappa shape index (κ3) is 5.02. The highest BCUT2D eigenvalue weighted by Crippen LogP contribution is 2.37. The van der Waals surface area contributed by atoms with Gasteiger partial charge in [0, 0.05) is 30.7 Å². The van der Waals surface area contributed by atoms with E-state index in [4.69, 9.17) is 10.7 Å². The molecule has 0 spiro atoms. The molecule has 0 aliphatic carbocycles. The molecule has 1 aromatic rings. The number of aliphatic imine (C=N–C) groups is 1. The second-order valence-electron chi connectivity index (χ2n) is 8.52. The van der Waals surface area contributed by atoms with Crippen molar-refractivity contribution in [1.29, 1.82) is 0 Å². The van der Waals surface area contributed by atoms with Crippen LogP contribution in [0, 0.1) is 5.92 Å². The van der Waals surface area contributed by atoms with Crippen molar-refractivity contribution in [2.75, 3.05) is 24.5 Å². The summed E-state index contributed by atoms with van der Waals surface area (Å²) >= 11 is 0. The number of hydrogen-bond acceptors (Lipinski definition) is 6. The molecule has 1 unspecified atom stereocenters. The molecular weight excluding hydrogens is 398 g/mol. The van der Waals surface area contributed by atoms with Crippen LogP contribution in [0.4, 0.5) is 14.6 Å². The summed E-state index contributed by atoms with van der Waals surface area (Å²) < 4.78 is 26.5. The maximum atomic E-state index is 13.3. The number of alkyl halides is 2. The highest BCUT2D eigenvalue weighted by Gasteiger charge is 2.55.